The molecular formula is C15H31N. The van der Waals surface area contributed by atoms with Gasteiger partial charge in [-0.2, -0.15) is 0 Å². The fraction of sp³-hybridized carbons (Fsp3) is 1.00. The molecule has 1 N–H and O–H groups in total. The molecule has 1 rings (SSSR count). The number of hydrogen-bond acceptors (Lipinski definition) is 1. The second kappa shape index (κ2) is 7.32. The molecule has 0 spiro atoms. The second-order valence-electron chi connectivity index (χ2n) is 6.11. The lowest BCUT2D eigenvalue weighted by Crippen LogP contribution is -2.42. The first-order valence-corrected chi connectivity index (χ1v) is 7.39. The van der Waals surface area contributed by atoms with E-state index in [1.54, 1.807) is 0 Å². The van der Waals surface area contributed by atoms with Crippen LogP contribution in [0.3, 0.4) is 0 Å². The van der Waals surface area contributed by atoms with Crippen LogP contribution in [-0.2, 0) is 0 Å². The first-order valence-electron chi connectivity index (χ1n) is 7.39. The number of nitrogens with one attached hydrogen (secondary N) is 1. The van der Waals surface area contributed by atoms with Gasteiger partial charge in [0, 0.05) is 12.1 Å². The van der Waals surface area contributed by atoms with E-state index in [0.29, 0.717) is 6.04 Å². The van der Waals surface area contributed by atoms with Crippen LogP contribution in [0.4, 0.5) is 0 Å². The topological polar surface area (TPSA) is 12.0 Å². The highest BCUT2D eigenvalue weighted by Crippen LogP contribution is 2.28. The molecule has 1 nitrogen and oxygen atoms in total. The van der Waals surface area contributed by atoms with Crippen LogP contribution in [0.5, 0.6) is 0 Å². The van der Waals surface area contributed by atoms with Crippen molar-refractivity contribution in [3.05, 3.63) is 0 Å². The molecule has 0 bridgehead atoms. The van der Waals surface area contributed by atoms with Crippen molar-refractivity contribution in [3.8, 4) is 0 Å². The fourth-order valence-electron chi connectivity index (χ4n) is 3.26. The minimum absolute atomic E-state index is 0.687. The Labute approximate surface area is 102 Å². The summed E-state index contributed by atoms with van der Waals surface area (Å²) in [7, 11) is 0. The summed E-state index contributed by atoms with van der Waals surface area (Å²) in [6.07, 6.45) is 9.91. The van der Waals surface area contributed by atoms with Crippen LogP contribution in [-0.4, -0.2) is 12.1 Å². The van der Waals surface area contributed by atoms with Gasteiger partial charge in [0.2, 0.25) is 0 Å². The fourth-order valence-corrected chi connectivity index (χ4v) is 3.26. The summed E-state index contributed by atoms with van der Waals surface area (Å²) in [5, 5.41) is 3.87. The van der Waals surface area contributed by atoms with E-state index in [1.165, 1.54) is 44.9 Å². The lowest BCUT2D eigenvalue weighted by Gasteiger charge is -2.33. The molecule has 0 aromatic heterocycles. The van der Waals surface area contributed by atoms with Crippen molar-refractivity contribution in [2.45, 2.75) is 84.7 Å². The summed E-state index contributed by atoms with van der Waals surface area (Å²) >= 11 is 0. The summed E-state index contributed by atoms with van der Waals surface area (Å²) in [6, 6.07) is 1.46. The molecule has 2 unspecified atom stereocenters. The Hall–Kier alpha value is -0.0400. The van der Waals surface area contributed by atoms with Crippen LogP contribution >= 0.6 is 0 Å². The molecule has 0 saturated heterocycles. The van der Waals surface area contributed by atoms with E-state index in [4.69, 9.17) is 0 Å². The van der Waals surface area contributed by atoms with Gasteiger partial charge in [-0.25, -0.2) is 0 Å². The monoisotopic (exact) mass is 225 g/mol. The first-order chi connectivity index (χ1) is 7.63. The average molecular weight is 225 g/mol. The standard InChI is InChI=1S/C15H31N/c1-5-15(14-9-7-6-8-10-14)16-13(4)11-12(2)3/h12-16H,5-11H2,1-4H3. The Morgan fingerprint density at radius 3 is 2.19 bits per heavy atom. The third kappa shape index (κ3) is 4.86. The highest BCUT2D eigenvalue weighted by Gasteiger charge is 2.23. The lowest BCUT2D eigenvalue weighted by molar-refractivity contribution is 0.240. The maximum atomic E-state index is 3.87. The third-order valence-electron chi connectivity index (χ3n) is 3.98. The van der Waals surface area contributed by atoms with Gasteiger partial charge >= 0.3 is 0 Å². The van der Waals surface area contributed by atoms with Crippen molar-refractivity contribution in [2.24, 2.45) is 11.8 Å². The quantitative estimate of drug-likeness (QED) is 0.708. The van der Waals surface area contributed by atoms with Gasteiger partial charge in [0.25, 0.3) is 0 Å². The van der Waals surface area contributed by atoms with Gasteiger partial charge in [-0.05, 0) is 44.4 Å². The largest absolute Gasteiger partial charge is 0.311 e. The highest BCUT2D eigenvalue weighted by molar-refractivity contribution is 4.80. The van der Waals surface area contributed by atoms with Crippen LogP contribution in [0.25, 0.3) is 0 Å². The van der Waals surface area contributed by atoms with Crippen molar-refractivity contribution >= 4 is 0 Å². The molecule has 0 aromatic rings. The predicted octanol–water partition coefficient (Wildman–Crippen LogP) is 4.37. The van der Waals surface area contributed by atoms with Crippen LogP contribution in [0.1, 0.15) is 72.6 Å². The third-order valence-corrected chi connectivity index (χ3v) is 3.98. The van der Waals surface area contributed by atoms with Crippen molar-refractivity contribution in [2.75, 3.05) is 0 Å². The maximum Gasteiger partial charge on any atom is 0.00951 e. The van der Waals surface area contributed by atoms with Crippen LogP contribution in [0.2, 0.25) is 0 Å². The predicted molar refractivity (Wildman–Crippen MR) is 72.7 cm³/mol. The zero-order valence-corrected chi connectivity index (χ0v) is 11.8. The molecule has 2 atom stereocenters. The van der Waals surface area contributed by atoms with Gasteiger partial charge in [0.05, 0.1) is 0 Å². The molecule has 1 saturated carbocycles. The van der Waals surface area contributed by atoms with Gasteiger partial charge in [-0.3, -0.25) is 0 Å². The summed E-state index contributed by atoms with van der Waals surface area (Å²) in [6.45, 7) is 9.33. The van der Waals surface area contributed by atoms with E-state index in [1.807, 2.05) is 0 Å². The number of rotatable bonds is 6. The molecule has 1 aliphatic rings. The van der Waals surface area contributed by atoms with E-state index in [9.17, 15) is 0 Å². The van der Waals surface area contributed by atoms with E-state index >= 15 is 0 Å². The van der Waals surface area contributed by atoms with Gasteiger partial charge < -0.3 is 5.32 Å². The normalized spacial score (nSPS) is 22.3. The van der Waals surface area contributed by atoms with Gasteiger partial charge in [0.15, 0.2) is 0 Å². The first kappa shape index (κ1) is 14.0. The van der Waals surface area contributed by atoms with Crippen LogP contribution < -0.4 is 5.32 Å². The lowest BCUT2D eigenvalue weighted by atomic mass is 9.82. The molecule has 16 heavy (non-hydrogen) atoms. The van der Waals surface area contributed by atoms with Crippen LogP contribution in [0.15, 0.2) is 0 Å². The Balaban J connectivity index is 2.34. The summed E-state index contributed by atoms with van der Waals surface area (Å²) in [5.41, 5.74) is 0. The Morgan fingerprint density at radius 1 is 1.06 bits per heavy atom. The smallest absolute Gasteiger partial charge is 0.00951 e. The van der Waals surface area contributed by atoms with Gasteiger partial charge in [-0.15, -0.1) is 0 Å². The zero-order valence-electron chi connectivity index (χ0n) is 11.8. The zero-order chi connectivity index (χ0) is 12.0. The summed E-state index contributed by atoms with van der Waals surface area (Å²) < 4.78 is 0. The van der Waals surface area contributed by atoms with Crippen LogP contribution in [0, 0.1) is 11.8 Å². The molecule has 1 fully saturated rings. The van der Waals surface area contributed by atoms with Gasteiger partial charge in [0.1, 0.15) is 0 Å². The SMILES string of the molecule is CCC(NC(C)CC(C)C)C1CCCCC1. The Morgan fingerprint density at radius 2 is 1.69 bits per heavy atom. The molecular weight excluding hydrogens is 194 g/mol. The molecule has 0 heterocycles. The highest BCUT2D eigenvalue weighted by atomic mass is 14.9. The van der Waals surface area contributed by atoms with Crippen molar-refractivity contribution in [1.82, 2.24) is 5.32 Å². The molecule has 1 aliphatic carbocycles. The van der Waals surface area contributed by atoms with E-state index < -0.39 is 0 Å². The van der Waals surface area contributed by atoms with Crippen molar-refractivity contribution < 1.29 is 0 Å². The van der Waals surface area contributed by atoms with E-state index in [2.05, 4.69) is 33.0 Å². The second-order valence-corrected chi connectivity index (χ2v) is 6.11. The molecule has 0 radical (unpaired) electrons. The number of hydrogen-bond donors (Lipinski definition) is 1. The minimum Gasteiger partial charge on any atom is -0.311 e. The molecule has 0 amide bonds. The molecule has 0 aromatic carbocycles. The minimum atomic E-state index is 0.687. The molecule has 0 aliphatic heterocycles. The van der Waals surface area contributed by atoms with Crippen molar-refractivity contribution in [3.63, 3.8) is 0 Å². The molecule has 96 valence electrons. The van der Waals surface area contributed by atoms with E-state index in [-0.39, 0.29) is 0 Å². The van der Waals surface area contributed by atoms with E-state index in [0.717, 1.165) is 17.9 Å². The summed E-state index contributed by atoms with van der Waals surface area (Å²) in [4.78, 5) is 0. The molecule has 1 heteroatoms. The average Bonchev–Trinajstić information content (AvgIpc) is 2.26. The Bertz CT molecular complexity index is 170. The van der Waals surface area contributed by atoms with Crippen molar-refractivity contribution in [1.29, 1.82) is 0 Å². The maximum absolute atomic E-state index is 3.87. The van der Waals surface area contributed by atoms with Gasteiger partial charge in [-0.1, -0.05) is 40.0 Å². The Kier molecular flexibility index (Phi) is 6.41. The summed E-state index contributed by atoms with van der Waals surface area (Å²) in [5.74, 6) is 1.76.